The van der Waals surface area contributed by atoms with Crippen LogP contribution in [0.3, 0.4) is 0 Å². The molecule has 4 rings (SSSR count). The Labute approximate surface area is 167 Å². The van der Waals surface area contributed by atoms with E-state index in [0.717, 1.165) is 36.9 Å². The second kappa shape index (κ2) is 7.68. The van der Waals surface area contributed by atoms with E-state index in [0.29, 0.717) is 30.0 Å². The minimum absolute atomic E-state index is 0.00107. The van der Waals surface area contributed by atoms with Crippen molar-refractivity contribution in [2.45, 2.75) is 50.0 Å². The van der Waals surface area contributed by atoms with Crippen LogP contribution in [0.2, 0.25) is 0 Å². The lowest BCUT2D eigenvalue weighted by Crippen LogP contribution is -2.35. The monoisotopic (exact) mass is 398 g/mol. The summed E-state index contributed by atoms with van der Waals surface area (Å²) in [6.45, 7) is 3.19. The normalized spacial score (nSPS) is 20.6. The van der Waals surface area contributed by atoms with Crippen molar-refractivity contribution in [3.63, 3.8) is 0 Å². The molecule has 28 heavy (non-hydrogen) atoms. The average Bonchev–Trinajstić information content (AvgIpc) is 2.87. The van der Waals surface area contributed by atoms with Gasteiger partial charge in [-0.15, -0.1) is 0 Å². The van der Waals surface area contributed by atoms with Crippen LogP contribution in [-0.4, -0.2) is 37.8 Å². The zero-order chi connectivity index (χ0) is 19.7. The summed E-state index contributed by atoms with van der Waals surface area (Å²) < 4.78 is 27.8. The number of nitrogens with zero attached hydrogens (tertiary/aromatic N) is 2. The highest BCUT2D eigenvalue weighted by atomic mass is 32.2. The molecule has 2 aliphatic heterocycles. The van der Waals surface area contributed by atoms with Gasteiger partial charge in [-0.1, -0.05) is 31.0 Å². The molecule has 0 radical (unpaired) electrons. The van der Waals surface area contributed by atoms with Crippen LogP contribution in [0.15, 0.2) is 53.4 Å². The molecule has 148 valence electrons. The fourth-order valence-electron chi connectivity index (χ4n) is 4.23. The molecule has 0 unspecified atom stereocenters. The molecule has 6 heteroatoms. The zero-order valence-electron chi connectivity index (χ0n) is 16.2. The van der Waals surface area contributed by atoms with Gasteiger partial charge in [0.05, 0.1) is 4.90 Å². The van der Waals surface area contributed by atoms with Gasteiger partial charge in [0.1, 0.15) is 0 Å². The summed E-state index contributed by atoms with van der Waals surface area (Å²) >= 11 is 0. The topological polar surface area (TPSA) is 57.7 Å². The van der Waals surface area contributed by atoms with Gasteiger partial charge in [-0.05, 0) is 62.1 Å². The van der Waals surface area contributed by atoms with E-state index in [9.17, 15) is 13.2 Å². The first-order chi connectivity index (χ1) is 13.5. The Morgan fingerprint density at radius 2 is 1.64 bits per heavy atom. The van der Waals surface area contributed by atoms with Gasteiger partial charge in [0.25, 0.3) is 5.91 Å². The maximum Gasteiger partial charge on any atom is 0.258 e. The Kier molecular flexibility index (Phi) is 5.25. The molecule has 1 saturated heterocycles. The summed E-state index contributed by atoms with van der Waals surface area (Å²) in [6, 6.07) is 14.4. The van der Waals surface area contributed by atoms with Gasteiger partial charge in [-0.25, -0.2) is 8.42 Å². The lowest BCUT2D eigenvalue weighted by molar-refractivity contribution is 0.0981. The van der Waals surface area contributed by atoms with Crippen LogP contribution in [0.1, 0.15) is 48.5 Å². The van der Waals surface area contributed by atoms with Crippen LogP contribution >= 0.6 is 0 Å². The molecule has 0 spiro atoms. The molecular formula is C22H26N2O3S. The van der Waals surface area contributed by atoms with Gasteiger partial charge in [0.2, 0.25) is 10.0 Å². The summed E-state index contributed by atoms with van der Waals surface area (Å²) in [5, 5.41) is 0. The highest BCUT2D eigenvalue weighted by Gasteiger charge is 2.33. The third-order valence-electron chi connectivity index (χ3n) is 5.71. The minimum Gasteiger partial charge on any atom is -0.305 e. The molecule has 2 heterocycles. The van der Waals surface area contributed by atoms with Crippen LogP contribution in [-0.2, 0) is 16.4 Å². The van der Waals surface area contributed by atoms with Crippen LogP contribution < -0.4 is 4.90 Å². The van der Waals surface area contributed by atoms with E-state index in [-0.39, 0.29) is 11.9 Å². The first-order valence-corrected chi connectivity index (χ1v) is 11.4. The smallest absolute Gasteiger partial charge is 0.258 e. The summed E-state index contributed by atoms with van der Waals surface area (Å²) in [5.41, 5.74) is 2.38. The van der Waals surface area contributed by atoms with E-state index < -0.39 is 10.0 Å². The minimum atomic E-state index is -3.48. The summed E-state index contributed by atoms with van der Waals surface area (Å²) in [7, 11) is -3.48. The number of carbonyl (C=O) groups is 1. The number of anilines is 1. The van der Waals surface area contributed by atoms with Crippen molar-refractivity contribution in [3.8, 4) is 0 Å². The van der Waals surface area contributed by atoms with Crippen LogP contribution in [0, 0.1) is 0 Å². The van der Waals surface area contributed by atoms with Crippen LogP contribution in [0.5, 0.6) is 0 Å². The largest absolute Gasteiger partial charge is 0.305 e. The molecule has 2 aromatic carbocycles. The van der Waals surface area contributed by atoms with E-state index in [2.05, 4.69) is 0 Å². The molecule has 0 aliphatic carbocycles. The molecule has 2 aromatic rings. The molecular weight excluding hydrogens is 372 g/mol. The third-order valence-corrected chi connectivity index (χ3v) is 7.60. The standard InChI is InChI=1S/C22H26N2O3S/c1-17-15-19-16-20(28(26,27)23-13-7-2-3-8-14-23)11-12-21(19)24(17)22(25)18-9-5-4-6-10-18/h4-6,9-12,16-17H,2-3,7-8,13-15H2,1H3/t17-/m0/s1. The highest BCUT2D eigenvalue weighted by Crippen LogP contribution is 2.35. The maximum absolute atomic E-state index is 13.1. The van der Waals surface area contributed by atoms with E-state index >= 15 is 0 Å². The van der Waals surface area contributed by atoms with Crippen LogP contribution in [0.25, 0.3) is 0 Å². The molecule has 5 nitrogen and oxygen atoms in total. The number of hydrogen-bond donors (Lipinski definition) is 0. The molecule has 2 aliphatic rings. The molecule has 0 N–H and O–H groups in total. The molecule has 1 atom stereocenters. The van der Waals surface area contributed by atoms with Crippen molar-refractivity contribution >= 4 is 21.6 Å². The Balaban J connectivity index is 1.64. The Morgan fingerprint density at radius 3 is 2.32 bits per heavy atom. The highest BCUT2D eigenvalue weighted by molar-refractivity contribution is 7.89. The maximum atomic E-state index is 13.1. The summed E-state index contributed by atoms with van der Waals surface area (Å²) in [5.74, 6) is -0.0463. The predicted molar refractivity (Wildman–Crippen MR) is 110 cm³/mol. The molecule has 0 aromatic heterocycles. The number of sulfonamides is 1. The van der Waals surface area contributed by atoms with Crippen molar-refractivity contribution < 1.29 is 13.2 Å². The average molecular weight is 399 g/mol. The SMILES string of the molecule is C[C@H]1Cc2cc(S(=O)(=O)N3CCCCCC3)ccc2N1C(=O)c1ccccc1. The van der Waals surface area contributed by atoms with E-state index in [4.69, 9.17) is 0 Å². The second-order valence-corrected chi connectivity index (χ2v) is 9.64. The van der Waals surface area contributed by atoms with Crippen LogP contribution in [0.4, 0.5) is 5.69 Å². The molecule has 1 fully saturated rings. The van der Waals surface area contributed by atoms with E-state index in [1.165, 1.54) is 0 Å². The Morgan fingerprint density at radius 1 is 0.964 bits per heavy atom. The van der Waals surface area contributed by atoms with Gasteiger partial charge in [-0.3, -0.25) is 4.79 Å². The molecule has 0 bridgehead atoms. The number of benzene rings is 2. The fourth-order valence-corrected chi connectivity index (χ4v) is 5.80. The van der Waals surface area contributed by atoms with Crippen molar-refractivity contribution in [2.24, 2.45) is 0 Å². The quantitative estimate of drug-likeness (QED) is 0.789. The van der Waals surface area contributed by atoms with Crippen molar-refractivity contribution in [1.82, 2.24) is 4.31 Å². The summed E-state index contributed by atoms with van der Waals surface area (Å²) in [4.78, 5) is 15.1. The molecule has 0 saturated carbocycles. The molecule has 1 amide bonds. The van der Waals surface area contributed by atoms with Gasteiger partial charge in [-0.2, -0.15) is 4.31 Å². The zero-order valence-corrected chi connectivity index (χ0v) is 17.0. The number of carbonyl (C=O) groups excluding carboxylic acids is 1. The van der Waals surface area contributed by atoms with Gasteiger partial charge >= 0.3 is 0 Å². The number of amides is 1. The van der Waals surface area contributed by atoms with Gasteiger partial charge in [0.15, 0.2) is 0 Å². The number of fused-ring (bicyclic) bond motifs is 1. The first kappa shape index (κ1) is 19.2. The third kappa shape index (κ3) is 3.47. The Hall–Kier alpha value is -2.18. The van der Waals surface area contributed by atoms with Crippen molar-refractivity contribution in [1.29, 1.82) is 0 Å². The van der Waals surface area contributed by atoms with E-state index in [1.54, 1.807) is 27.4 Å². The lowest BCUT2D eigenvalue weighted by Gasteiger charge is -2.23. The summed E-state index contributed by atoms with van der Waals surface area (Å²) in [6.07, 6.45) is 4.67. The first-order valence-electron chi connectivity index (χ1n) is 10.00. The fraction of sp³-hybridized carbons (Fsp3) is 0.409. The predicted octanol–water partition coefficient (Wildman–Crippen LogP) is 3.84. The number of rotatable bonds is 3. The lowest BCUT2D eigenvalue weighted by atomic mass is 10.1. The van der Waals surface area contributed by atoms with E-state index in [1.807, 2.05) is 37.3 Å². The van der Waals surface area contributed by atoms with Crippen molar-refractivity contribution in [3.05, 3.63) is 59.7 Å². The second-order valence-electron chi connectivity index (χ2n) is 7.70. The number of hydrogen-bond acceptors (Lipinski definition) is 3. The Bertz CT molecular complexity index is 965. The van der Waals surface area contributed by atoms with Crippen molar-refractivity contribution in [2.75, 3.05) is 18.0 Å². The van der Waals surface area contributed by atoms with Gasteiger partial charge < -0.3 is 4.90 Å². The van der Waals surface area contributed by atoms with Gasteiger partial charge in [0, 0.05) is 30.4 Å².